The summed E-state index contributed by atoms with van der Waals surface area (Å²) in [5.74, 6) is 1.39. The Labute approximate surface area is 138 Å². The number of carbonyl (C=O) groups is 1. The lowest BCUT2D eigenvalue weighted by Crippen LogP contribution is -2.35. The number of nitrogens with one attached hydrogen (secondary N) is 1. The van der Waals surface area contributed by atoms with Crippen LogP contribution in [0.3, 0.4) is 0 Å². The van der Waals surface area contributed by atoms with Crippen molar-refractivity contribution in [2.24, 2.45) is 11.7 Å². The van der Waals surface area contributed by atoms with E-state index in [9.17, 15) is 4.79 Å². The van der Waals surface area contributed by atoms with Crippen molar-refractivity contribution in [2.45, 2.75) is 57.4 Å². The third-order valence-corrected chi connectivity index (χ3v) is 5.13. The summed E-state index contributed by atoms with van der Waals surface area (Å²) in [6, 6.07) is 4.14. The maximum Gasteiger partial charge on any atom is 0.224 e. The first-order valence-corrected chi connectivity index (χ1v) is 8.99. The third kappa shape index (κ3) is 4.44. The first-order chi connectivity index (χ1) is 11.2. The number of aromatic nitrogens is 1. The van der Waals surface area contributed by atoms with E-state index in [1.165, 1.54) is 32.1 Å². The van der Waals surface area contributed by atoms with E-state index >= 15 is 0 Å². The number of hydrogen-bond acceptors (Lipinski definition) is 4. The molecule has 1 aromatic rings. The molecule has 1 aliphatic heterocycles. The van der Waals surface area contributed by atoms with Crippen LogP contribution in [0, 0.1) is 5.92 Å². The predicted octanol–water partition coefficient (Wildman–Crippen LogP) is 2.92. The zero-order chi connectivity index (χ0) is 16.1. The molecule has 5 heteroatoms. The summed E-state index contributed by atoms with van der Waals surface area (Å²) in [5.41, 5.74) is 6.90. The zero-order valence-electron chi connectivity index (χ0n) is 13.8. The molecular weight excluding hydrogens is 288 g/mol. The van der Waals surface area contributed by atoms with E-state index in [1.54, 1.807) is 6.20 Å². The summed E-state index contributed by atoms with van der Waals surface area (Å²) < 4.78 is 0. The van der Waals surface area contributed by atoms with E-state index in [0.717, 1.165) is 37.4 Å². The molecule has 0 aromatic carbocycles. The second kappa shape index (κ2) is 7.77. The average molecular weight is 316 g/mol. The number of anilines is 2. The molecule has 2 atom stereocenters. The number of rotatable bonds is 4. The van der Waals surface area contributed by atoms with E-state index in [1.807, 2.05) is 12.1 Å². The SMILES string of the molecule is NC1CCCCC1CC(=O)Nc1ccc(N2CCCCC2)nc1. The normalized spacial score (nSPS) is 25.2. The Morgan fingerprint density at radius 3 is 2.65 bits per heavy atom. The summed E-state index contributed by atoms with van der Waals surface area (Å²) in [6.07, 6.45) is 10.6. The minimum absolute atomic E-state index is 0.0554. The van der Waals surface area contributed by atoms with Crippen molar-refractivity contribution in [3.05, 3.63) is 18.3 Å². The van der Waals surface area contributed by atoms with Gasteiger partial charge in [0.1, 0.15) is 5.82 Å². The third-order valence-electron chi connectivity index (χ3n) is 5.13. The lowest BCUT2D eigenvalue weighted by atomic mass is 9.83. The Kier molecular flexibility index (Phi) is 5.49. The van der Waals surface area contributed by atoms with Crippen LogP contribution in [0.5, 0.6) is 0 Å². The molecule has 2 heterocycles. The molecule has 1 aromatic heterocycles. The molecule has 3 rings (SSSR count). The van der Waals surface area contributed by atoms with Gasteiger partial charge in [-0.25, -0.2) is 4.98 Å². The smallest absolute Gasteiger partial charge is 0.224 e. The highest BCUT2D eigenvalue weighted by Gasteiger charge is 2.24. The lowest BCUT2D eigenvalue weighted by molar-refractivity contribution is -0.117. The minimum atomic E-state index is 0.0554. The van der Waals surface area contributed by atoms with E-state index in [-0.39, 0.29) is 11.9 Å². The number of nitrogens with zero attached hydrogens (tertiary/aromatic N) is 2. The first-order valence-electron chi connectivity index (χ1n) is 8.99. The summed E-state index contributed by atoms with van der Waals surface area (Å²) in [6.45, 7) is 2.16. The predicted molar refractivity (Wildman–Crippen MR) is 93.5 cm³/mol. The average Bonchev–Trinajstić information content (AvgIpc) is 2.58. The summed E-state index contributed by atoms with van der Waals surface area (Å²) in [7, 11) is 0. The van der Waals surface area contributed by atoms with E-state index < -0.39 is 0 Å². The molecule has 5 nitrogen and oxygen atoms in total. The molecule has 1 saturated carbocycles. The fourth-order valence-corrected chi connectivity index (χ4v) is 3.71. The Balaban J connectivity index is 1.52. The number of pyridine rings is 1. The van der Waals surface area contributed by atoms with Crippen LogP contribution in [0.2, 0.25) is 0 Å². The number of hydrogen-bond donors (Lipinski definition) is 2. The van der Waals surface area contributed by atoms with Crippen molar-refractivity contribution >= 4 is 17.4 Å². The van der Waals surface area contributed by atoms with Crippen molar-refractivity contribution in [3.8, 4) is 0 Å². The van der Waals surface area contributed by atoms with Gasteiger partial charge >= 0.3 is 0 Å². The maximum atomic E-state index is 12.2. The number of nitrogens with two attached hydrogens (primary N) is 1. The highest BCUT2D eigenvalue weighted by molar-refractivity contribution is 5.90. The molecule has 0 bridgehead atoms. The van der Waals surface area contributed by atoms with Crippen LogP contribution in [-0.4, -0.2) is 30.0 Å². The summed E-state index contributed by atoms with van der Waals surface area (Å²) in [4.78, 5) is 19.0. The molecule has 1 saturated heterocycles. The fraction of sp³-hybridized carbons (Fsp3) is 0.667. The highest BCUT2D eigenvalue weighted by atomic mass is 16.1. The van der Waals surface area contributed by atoms with Crippen molar-refractivity contribution in [1.29, 1.82) is 0 Å². The quantitative estimate of drug-likeness (QED) is 0.896. The van der Waals surface area contributed by atoms with Crippen LogP contribution >= 0.6 is 0 Å². The Morgan fingerprint density at radius 2 is 1.96 bits per heavy atom. The number of amides is 1. The van der Waals surface area contributed by atoms with Gasteiger partial charge in [0.25, 0.3) is 0 Å². The Hall–Kier alpha value is -1.62. The monoisotopic (exact) mass is 316 g/mol. The van der Waals surface area contributed by atoms with Gasteiger partial charge in [-0.05, 0) is 50.2 Å². The zero-order valence-corrected chi connectivity index (χ0v) is 13.8. The van der Waals surface area contributed by atoms with Crippen LogP contribution in [0.1, 0.15) is 51.4 Å². The molecule has 1 amide bonds. The molecule has 2 fully saturated rings. The second-order valence-electron chi connectivity index (χ2n) is 6.91. The lowest BCUT2D eigenvalue weighted by Gasteiger charge is -2.28. The molecule has 23 heavy (non-hydrogen) atoms. The minimum Gasteiger partial charge on any atom is -0.357 e. The van der Waals surface area contributed by atoms with Crippen molar-refractivity contribution in [1.82, 2.24) is 4.98 Å². The van der Waals surface area contributed by atoms with Crippen molar-refractivity contribution in [2.75, 3.05) is 23.3 Å². The van der Waals surface area contributed by atoms with Gasteiger partial charge in [-0.3, -0.25) is 4.79 Å². The van der Waals surface area contributed by atoms with Crippen LogP contribution in [0.4, 0.5) is 11.5 Å². The van der Waals surface area contributed by atoms with Crippen LogP contribution < -0.4 is 16.0 Å². The van der Waals surface area contributed by atoms with Gasteiger partial charge in [-0.15, -0.1) is 0 Å². The largest absolute Gasteiger partial charge is 0.357 e. The topological polar surface area (TPSA) is 71.2 Å². The molecule has 126 valence electrons. The van der Waals surface area contributed by atoms with Crippen LogP contribution in [0.25, 0.3) is 0 Å². The Morgan fingerprint density at radius 1 is 1.17 bits per heavy atom. The van der Waals surface area contributed by atoms with Gasteiger partial charge in [0.15, 0.2) is 0 Å². The van der Waals surface area contributed by atoms with Gasteiger partial charge in [-0.1, -0.05) is 12.8 Å². The molecule has 3 N–H and O–H groups in total. The molecular formula is C18H28N4O. The van der Waals surface area contributed by atoms with Crippen LogP contribution in [-0.2, 0) is 4.79 Å². The maximum absolute atomic E-state index is 12.2. The van der Waals surface area contributed by atoms with E-state index in [2.05, 4.69) is 15.2 Å². The van der Waals surface area contributed by atoms with Crippen LogP contribution in [0.15, 0.2) is 18.3 Å². The molecule has 2 unspecified atom stereocenters. The molecule has 0 spiro atoms. The first kappa shape index (κ1) is 16.2. The second-order valence-corrected chi connectivity index (χ2v) is 6.91. The molecule has 1 aliphatic carbocycles. The summed E-state index contributed by atoms with van der Waals surface area (Å²) in [5, 5.41) is 2.96. The van der Waals surface area contributed by atoms with Gasteiger partial charge in [0.05, 0.1) is 11.9 Å². The highest BCUT2D eigenvalue weighted by Crippen LogP contribution is 2.26. The molecule has 0 radical (unpaired) electrons. The standard InChI is InChI=1S/C18H28N4O/c19-16-7-3-2-6-14(16)12-18(23)21-15-8-9-17(20-13-15)22-10-4-1-5-11-22/h8-9,13-14,16H,1-7,10-12,19H2,(H,21,23). The number of piperidine rings is 1. The van der Waals surface area contributed by atoms with Gasteiger partial charge < -0.3 is 16.0 Å². The van der Waals surface area contributed by atoms with Crippen molar-refractivity contribution in [3.63, 3.8) is 0 Å². The fourth-order valence-electron chi connectivity index (χ4n) is 3.71. The molecule has 2 aliphatic rings. The van der Waals surface area contributed by atoms with E-state index in [4.69, 9.17) is 5.73 Å². The van der Waals surface area contributed by atoms with Crippen molar-refractivity contribution < 1.29 is 4.79 Å². The van der Waals surface area contributed by atoms with Gasteiger partial charge in [-0.2, -0.15) is 0 Å². The Bertz CT molecular complexity index is 510. The van der Waals surface area contributed by atoms with Gasteiger partial charge in [0.2, 0.25) is 5.91 Å². The number of carbonyl (C=O) groups excluding carboxylic acids is 1. The summed E-state index contributed by atoms with van der Waals surface area (Å²) >= 11 is 0. The van der Waals surface area contributed by atoms with E-state index in [0.29, 0.717) is 12.3 Å². The van der Waals surface area contributed by atoms with Gasteiger partial charge in [0, 0.05) is 25.6 Å².